The summed E-state index contributed by atoms with van der Waals surface area (Å²) < 4.78 is 0.870. The van der Waals surface area contributed by atoms with Gasteiger partial charge in [0.1, 0.15) is 10.9 Å². The maximum Gasteiger partial charge on any atom is 0.328 e. The van der Waals surface area contributed by atoms with Crippen molar-refractivity contribution in [2.75, 3.05) is 14.1 Å². The molecule has 1 atom stereocenters. The fourth-order valence-electron chi connectivity index (χ4n) is 1.76. The molecule has 11 heteroatoms. The summed E-state index contributed by atoms with van der Waals surface area (Å²) in [7, 11) is 2.60. The van der Waals surface area contributed by atoms with Gasteiger partial charge in [-0.05, 0) is 18.0 Å². The van der Waals surface area contributed by atoms with Crippen molar-refractivity contribution >= 4 is 35.5 Å². The molecule has 24 heavy (non-hydrogen) atoms. The van der Waals surface area contributed by atoms with Gasteiger partial charge in [0, 0.05) is 20.2 Å². The van der Waals surface area contributed by atoms with Gasteiger partial charge in [0.2, 0.25) is 5.91 Å². The minimum absolute atomic E-state index is 0.102. The van der Waals surface area contributed by atoms with Gasteiger partial charge < -0.3 is 15.7 Å². The summed E-state index contributed by atoms with van der Waals surface area (Å²) in [4.78, 5) is 45.6. The van der Waals surface area contributed by atoms with Crippen LogP contribution in [0.25, 0.3) is 0 Å². The molecular formula is C13H16N4O6S. The lowest BCUT2D eigenvalue weighted by Crippen LogP contribution is -2.49. The summed E-state index contributed by atoms with van der Waals surface area (Å²) >= 11 is 0.626. The van der Waals surface area contributed by atoms with Crippen molar-refractivity contribution < 1.29 is 24.4 Å². The number of benzene rings is 1. The Hall–Kier alpha value is -2.82. The number of likely N-dealkylation sites (N-methyl/N-ethyl adjacent to an activating group) is 1. The highest BCUT2D eigenvalue weighted by atomic mass is 32.2. The summed E-state index contributed by atoms with van der Waals surface area (Å²) in [6.45, 7) is 0. The highest BCUT2D eigenvalue weighted by Gasteiger charge is 2.33. The second-order valence-corrected chi connectivity index (χ2v) is 5.44. The number of aliphatic carboxylic acids is 1. The van der Waals surface area contributed by atoms with E-state index < -0.39 is 35.3 Å². The van der Waals surface area contributed by atoms with Crippen LogP contribution in [-0.2, 0) is 9.59 Å². The van der Waals surface area contributed by atoms with Crippen LogP contribution < -0.4 is 10.6 Å². The van der Waals surface area contributed by atoms with Crippen LogP contribution in [0.5, 0.6) is 0 Å². The van der Waals surface area contributed by atoms with Crippen molar-refractivity contribution in [3.8, 4) is 0 Å². The number of carbonyl (C=O) groups excluding carboxylic acids is 2. The van der Waals surface area contributed by atoms with Crippen molar-refractivity contribution in [3.05, 3.63) is 34.4 Å². The summed E-state index contributed by atoms with van der Waals surface area (Å²) in [5.41, 5.74) is -0.262. The predicted molar refractivity (Wildman–Crippen MR) is 85.4 cm³/mol. The van der Waals surface area contributed by atoms with E-state index in [-0.39, 0.29) is 10.6 Å². The molecule has 0 aliphatic carbocycles. The van der Waals surface area contributed by atoms with Crippen LogP contribution in [0.3, 0.4) is 0 Å². The Labute approximate surface area is 141 Å². The molecule has 0 aliphatic rings. The van der Waals surface area contributed by atoms with Crippen LogP contribution in [0, 0.1) is 10.1 Å². The van der Waals surface area contributed by atoms with Crippen molar-refractivity contribution in [2.45, 2.75) is 17.4 Å². The Kier molecular flexibility index (Phi) is 6.98. The molecule has 0 aromatic heterocycles. The van der Waals surface area contributed by atoms with Crippen LogP contribution in [-0.4, -0.2) is 52.4 Å². The number of amides is 3. The van der Waals surface area contributed by atoms with Crippen LogP contribution >= 0.6 is 11.9 Å². The Bertz CT molecular complexity index is 653. The summed E-state index contributed by atoms with van der Waals surface area (Å²) in [5.74, 6) is -1.99. The second kappa shape index (κ2) is 8.72. The number of carbonyl (C=O) groups is 3. The van der Waals surface area contributed by atoms with Crippen molar-refractivity contribution in [2.24, 2.45) is 0 Å². The molecule has 130 valence electrons. The molecule has 10 nitrogen and oxygen atoms in total. The van der Waals surface area contributed by atoms with E-state index in [9.17, 15) is 24.5 Å². The Morgan fingerprint density at radius 3 is 2.42 bits per heavy atom. The zero-order valence-corrected chi connectivity index (χ0v) is 13.7. The monoisotopic (exact) mass is 356 g/mol. The molecule has 0 heterocycles. The van der Waals surface area contributed by atoms with Crippen molar-refractivity contribution in [1.29, 1.82) is 0 Å². The average molecular weight is 356 g/mol. The smallest absolute Gasteiger partial charge is 0.328 e. The number of rotatable bonds is 7. The van der Waals surface area contributed by atoms with Crippen LogP contribution in [0.15, 0.2) is 29.2 Å². The highest BCUT2D eigenvalue weighted by Crippen LogP contribution is 2.33. The zero-order chi connectivity index (χ0) is 18.3. The van der Waals surface area contributed by atoms with Gasteiger partial charge in [-0.25, -0.2) is 4.79 Å². The number of para-hydroxylation sites is 1. The third-order valence-electron chi connectivity index (χ3n) is 2.87. The SMILES string of the molecule is CNC(=O)C(CC(=O)O)N(Sc1ccccc1[N+](=O)[O-])C(=O)NC. The lowest BCUT2D eigenvalue weighted by molar-refractivity contribution is -0.387. The first kappa shape index (κ1) is 19.2. The lowest BCUT2D eigenvalue weighted by Gasteiger charge is -2.27. The molecule has 0 bridgehead atoms. The number of urea groups is 1. The molecule has 0 saturated carbocycles. The van der Waals surface area contributed by atoms with Crippen molar-refractivity contribution in [3.63, 3.8) is 0 Å². The normalized spacial score (nSPS) is 11.2. The summed E-state index contributed by atoms with van der Waals surface area (Å²) in [6.07, 6.45) is -0.652. The van der Waals surface area contributed by atoms with E-state index in [1.807, 2.05) is 0 Å². The molecule has 3 amide bonds. The molecule has 1 rings (SSSR count). The van der Waals surface area contributed by atoms with Crippen LogP contribution in [0.1, 0.15) is 6.42 Å². The zero-order valence-electron chi connectivity index (χ0n) is 12.9. The van der Waals surface area contributed by atoms with Crippen molar-refractivity contribution in [1.82, 2.24) is 14.9 Å². The minimum Gasteiger partial charge on any atom is -0.481 e. The molecule has 1 unspecified atom stereocenters. The second-order valence-electron chi connectivity index (χ2n) is 4.42. The molecule has 0 spiro atoms. The Balaban J connectivity index is 3.26. The largest absolute Gasteiger partial charge is 0.481 e. The van der Waals surface area contributed by atoms with E-state index in [2.05, 4.69) is 10.6 Å². The molecule has 0 saturated heterocycles. The first-order valence-corrected chi connectivity index (χ1v) is 7.44. The van der Waals surface area contributed by atoms with E-state index in [1.54, 1.807) is 0 Å². The minimum atomic E-state index is -1.35. The number of nitrogens with one attached hydrogen (secondary N) is 2. The van der Waals surface area contributed by atoms with Gasteiger partial charge in [-0.1, -0.05) is 12.1 Å². The predicted octanol–water partition coefficient (Wildman–Crippen LogP) is 0.833. The average Bonchev–Trinajstić information content (AvgIpc) is 2.56. The first-order valence-electron chi connectivity index (χ1n) is 6.67. The molecule has 1 aromatic carbocycles. The van der Waals surface area contributed by atoms with Crippen LogP contribution in [0.2, 0.25) is 0 Å². The summed E-state index contributed by atoms with van der Waals surface area (Å²) in [5, 5.41) is 24.6. The van der Waals surface area contributed by atoms with Crippen LogP contribution in [0.4, 0.5) is 10.5 Å². The maximum absolute atomic E-state index is 12.1. The number of nitro groups is 1. The summed E-state index contributed by atoms with van der Waals surface area (Å²) in [6, 6.07) is 3.53. The maximum atomic E-state index is 12.1. The third kappa shape index (κ3) is 4.84. The van der Waals surface area contributed by atoms with E-state index in [4.69, 9.17) is 5.11 Å². The number of hydrogen-bond acceptors (Lipinski definition) is 6. The van der Waals surface area contributed by atoms with Gasteiger partial charge in [-0.15, -0.1) is 0 Å². The Morgan fingerprint density at radius 1 is 1.29 bits per heavy atom. The van der Waals surface area contributed by atoms with E-state index in [1.165, 1.54) is 38.4 Å². The first-order chi connectivity index (χ1) is 11.3. The number of nitro benzene ring substituents is 1. The van der Waals surface area contributed by atoms with Gasteiger partial charge in [0.25, 0.3) is 5.69 Å². The standard InChI is InChI=1S/C13H16N4O6S/c1-14-12(20)9(7-11(18)19)16(13(21)15-2)24-10-6-4-3-5-8(10)17(22)23/h3-6,9H,7H2,1-2H3,(H,14,20)(H,15,21)(H,18,19). The molecule has 0 radical (unpaired) electrons. The lowest BCUT2D eigenvalue weighted by atomic mass is 10.2. The Morgan fingerprint density at radius 2 is 1.92 bits per heavy atom. The van der Waals surface area contributed by atoms with E-state index in [0.29, 0.717) is 11.9 Å². The fourth-order valence-corrected chi connectivity index (χ4v) is 2.82. The number of nitrogens with zero attached hydrogens (tertiary/aromatic N) is 2. The highest BCUT2D eigenvalue weighted by molar-refractivity contribution is 7.97. The molecule has 3 N–H and O–H groups in total. The quantitative estimate of drug-likeness (QED) is 0.373. The molecule has 1 aromatic rings. The number of hydrogen-bond donors (Lipinski definition) is 3. The van der Waals surface area contributed by atoms with Gasteiger partial charge in [0.05, 0.1) is 11.3 Å². The van der Waals surface area contributed by atoms with Gasteiger partial charge >= 0.3 is 12.0 Å². The topological polar surface area (TPSA) is 142 Å². The van der Waals surface area contributed by atoms with Gasteiger partial charge in [0.15, 0.2) is 0 Å². The fraction of sp³-hybridized carbons (Fsp3) is 0.308. The van der Waals surface area contributed by atoms with Gasteiger partial charge in [-0.3, -0.25) is 24.0 Å². The molecule has 0 aliphatic heterocycles. The molecule has 0 fully saturated rings. The number of carboxylic acid groups (broad SMARTS) is 1. The molecular weight excluding hydrogens is 340 g/mol. The number of carboxylic acids is 1. The van der Waals surface area contributed by atoms with E-state index in [0.717, 1.165) is 4.31 Å². The van der Waals surface area contributed by atoms with E-state index >= 15 is 0 Å². The third-order valence-corrected chi connectivity index (χ3v) is 4.03. The van der Waals surface area contributed by atoms with Gasteiger partial charge in [-0.2, -0.15) is 0 Å².